The summed E-state index contributed by atoms with van der Waals surface area (Å²) in [5.74, 6) is 0.0333. The van der Waals surface area contributed by atoms with E-state index >= 15 is 0 Å². The number of halogens is 1. The van der Waals surface area contributed by atoms with E-state index in [9.17, 15) is 9.18 Å². The van der Waals surface area contributed by atoms with Gasteiger partial charge in [-0.25, -0.2) is 4.39 Å². The lowest BCUT2D eigenvalue weighted by atomic mass is 10.1. The second-order valence-electron chi connectivity index (χ2n) is 3.43. The number of carbonyl (C=O) groups is 1. The average Bonchev–Trinajstić information content (AvgIpc) is 2.59. The van der Waals surface area contributed by atoms with Gasteiger partial charge in [0.25, 0.3) is 0 Å². The van der Waals surface area contributed by atoms with Crippen LogP contribution in [0.3, 0.4) is 0 Å². The predicted molar refractivity (Wildman–Crippen MR) is 58.4 cm³/mol. The van der Waals surface area contributed by atoms with Gasteiger partial charge in [-0.1, -0.05) is 0 Å². The standard InChI is InChI=1S/C11H10FN3O/c1-15-11(13)5-10(14-15)9-3-2-8(12)4-7(9)6-16/h2-6H,13H2,1H3. The van der Waals surface area contributed by atoms with Gasteiger partial charge >= 0.3 is 0 Å². The summed E-state index contributed by atoms with van der Waals surface area (Å²) in [4.78, 5) is 10.8. The summed E-state index contributed by atoms with van der Waals surface area (Å²) in [6.45, 7) is 0. The number of carbonyl (C=O) groups excluding carboxylic acids is 1. The van der Waals surface area contributed by atoms with Crippen LogP contribution < -0.4 is 5.73 Å². The third-order valence-electron chi connectivity index (χ3n) is 2.33. The third-order valence-corrected chi connectivity index (χ3v) is 2.33. The van der Waals surface area contributed by atoms with Crippen molar-refractivity contribution in [1.29, 1.82) is 0 Å². The van der Waals surface area contributed by atoms with Crippen molar-refractivity contribution < 1.29 is 9.18 Å². The highest BCUT2D eigenvalue weighted by atomic mass is 19.1. The number of benzene rings is 1. The molecule has 0 spiro atoms. The van der Waals surface area contributed by atoms with Crippen molar-refractivity contribution in [3.8, 4) is 11.3 Å². The van der Waals surface area contributed by atoms with Gasteiger partial charge in [-0.05, 0) is 18.2 Å². The summed E-state index contributed by atoms with van der Waals surface area (Å²) in [5.41, 5.74) is 7.03. The van der Waals surface area contributed by atoms with Gasteiger partial charge in [0.1, 0.15) is 11.6 Å². The van der Waals surface area contributed by atoms with Crippen LogP contribution in [0.5, 0.6) is 0 Å². The van der Waals surface area contributed by atoms with E-state index < -0.39 is 5.82 Å². The molecule has 1 heterocycles. The Bertz CT molecular complexity index is 529. The van der Waals surface area contributed by atoms with Crippen LogP contribution in [0.15, 0.2) is 24.3 Å². The molecule has 1 aromatic heterocycles. The molecular weight excluding hydrogens is 209 g/mol. The van der Waals surface area contributed by atoms with E-state index in [1.807, 2.05) is 0 Å². The third kappa shape index (κ3) is 1.67. The van der Waals surface area contributed by atoms with Crippen molar-refractivity contribution in [2.24, 2.45) is 7.05 Å². The minimum atomic E-state index is -0.449. The second kappa shape index (κ2) is 3.77. The minimum Gasteiger partial charge on any atom is -0.384 e. The molecular formula is C11H10FN3O. The molecule has 2 rings (SSSR count). The number of nitrogens with zero attached hydrogens (tertiary/aromatic N) is 2. The molecule has 0 unspecified atom stereocenters. The van der Waals surface area contributed by atoms with E-state index in [0.717, 1.165) is 0 Å². The van der Waals surface area contributed by atoms with Gasteiger partial charge in [-0.3, -0.25) is 9.48 Å². The Balaban J connectivity index is 2.59. The summed E-state index contributed by atoms with van der Waals surface area (Å²) in [6, 6.07) is 5.61. The number of nitrogen functional groups attached to an aromatic ring is 1. The van der Waals surface area contributed by atoms with E-state index in [0.29, 0.717) is 23.4 Å². The number of hydrogen-bond donors (Lipinski definition) is 1. The predicted octanol–water partition coefficient (Wildman–Crippen LogP) is 1.62. The lowest BCUT2D eigenvalue weighted by molar-refractivity contribution is 0.112. The summed E-state index contributed by atoms with van der Waals surface area (Å²) in [7, 11) is 1.70. The van der Waals surface area contributed by atoms with E-state index in [1.165, 1.54) is 22.9 Å². The number of aromatic nitrogens is 2. The van der Waals surface area contributed by atoms with Gasteiger partial charge in [0, 0.05) is 24.2 Å². The first kappa shape index (κ1) is 10.4. The zero-order valence-corrected chi connectivity index (χ0v) is 8.64. The van der Waals surface area contributed by atoms with E-state index in [-0.39, 0.29) is 5.56 Å². The molecule has 4 nitrogen and oxygen atoms in total. The maximum atomic E-state index is 12.9. The van der Waals surface area contributed by atoms with Crippen LogP contribution in [-0.4, -0.2) is 16.1 Å². The fraction of sp³-hybridized carbons (Fsp3) is 0.0909. The topological polar surface area (TPSA) is 60.9 Å². The molecule has 0 radical (unpaired) electrons. The van der Waals surface area contributed by atoms with Crippen LogP contribution in [-0.2, 0) is 7.05 Å². The number of aldehydes is 1. The number of anilines is 1. The average molecular weight is 219 g/mol. The molecule has 0 saturated carbocycles. The van der Waals surface area contributed by atoms with Crippen LogP contribution in [0.1, 0.15) is 10.4 Å². The van der Waals surface area contributed by atoms with Crippen molar-refractivity contribution in [3.05, 3.63) is 35.6 Å². The molecule has 0 saturated heterocycles. The number of aryl methyl sites for hydroxylation is 1. The Hall–Kier alpha value is -2.17. The molecule has 82 valence electrons. The maximum absolute atomic E-state index is 12.9. The summed E-state index contributed by atoms with van der Waals surface area (Å²) in [6.07, 6.45) is 0.600. The van der Waals surface area contributed by atoms with E-state index in [1.54, 1.807) is 13.1 Å². The van der Waals surface area contributed by atoms with Gasteiger partial charge in [0.05, 0.1) is 5.69 Å². The van der Waals surface area contributed by atoms with Crippen molar-refractivity contribution in [3.63, 3.8) is 0 Å². The molecule has 0 aliphatic heterocycles. The molecule has 0 fully saturated rings. The normalized spacial score (nSPS) is 10.4. The van der Waals surface area contributed by atoms with Crippen molar-refractivity contribution in [1.82, 2.24) is 9.78 Å². The first-order valence-electron chi connectivity index (χ1n) is 4.66. The first-order chi connectivity index (χ1) is 7.61. The van der Waals surface area contributed by atoms with Gasteiger partial charge in [-0.2, -0.15) is 5.10 Å². The highest BCUT2D eigenvalue weighted by Crippen LogP contribution is 2.23. The quantitative estimate of drug-likeness (QED) is 0.781. The molecule has 0 atom stereocenters. The minimum absolute atomic E-state index is 0.262. The van der Waals surface area contributed by atoms with Gasteiger partial charge in [0.2, 0.25) is 0 Å². The summed E-state index contributed by atoms with van der Waals surface area (Å²) in [5, 5.41) is 4.13. The van der Waals surface area contributed by atoms with Crippen molar-refractivity contribution in [2.45, 2.75) is 0 Å². The monoisotopic (exact) mass is 219 g/mol. The lowest BCUT2D eigenvalue weighted by Crippen LogP contribution is -1.97. The van der Waals surface area contributed by atoms with Gasteiger partial charge in [0.15, 0.2) is 6.29 Å². The number of nitrogens with two attached hydrogens (primary N) is 1. The largest absolute Gasteiger partial charge is 0.384 e. The zero-order chi connectivity index (χ0) is 11.7. The molecule has 2 N–H and O–H groups in total. The zero-order valence-electron chi connectivity index (χ0n) is 8.64. The Kier molecular flexibility index (Phi) is 2.44. The number of hydrogen-bond acceptors (Lipinski definition) is 3. The Labute approximate surface area is 91.5 Å². The molecule has 0 bridgehead atoms. The molecule has 0 amide bonds. The van der Waals surface area contributed by atoms with Crippen LogP contribution in [0.2, 0.25) is 0 Å². The van der Waals surface area contributed by atoms with Crippen LogP contribution in [0.4, 0.5) is 10.2 Å². The highest BCUT2D eigenvalue weighted by molar-refractivity contribution is 5.86. The van der Waals surface area contributed by atoms with Crippen LogP contribution >= 0.6 is 0 Å². The Morgan fingerprint density at radius 1 is 1.44 bits per heavy atom. The molecule has 16 heavy (non-hydrogen) atoms. The molecule has 0 aliphatic carbocycles. The second-order valence-corrected chi connectivity index (χ2v) is 3.43. The Morgan fingerprint density at radius 3 is 2.75 bits per heavy atom. The summed E-state index contributed by atoms with van der Waals surface area (Å²) < 4.78 is 14.4. The first-order valence-corrected chi connectivity index (χ1v) is 4.66. The van der Waals surface area contributed by atoms with Crippen molar-refractivity contribution >= 4 is 12.1 Å². The van der Waals surface area contributed by atoms with Gasteiger partial charge in [-0.15, -0.1) is 0 Å². The molecule has 5 heteroatoms. The van der Waals surface area contributed by atoms with E-state index in [2.05, 4.69) is 5.10 Å². The summed E-state index contributed by atoms with van der Waals surface area (Å²) >= 11 is 0. The maximum Gasteiger partial charge on any atom is 0.150 e. The smallest absolute Gasteiger partial charge is 0.150 e. The van der Waals surface area contributed by atoms with Crippen molar-refractivity contribution in [2.75, 3.05) is 5.73 Å². The SMILES string of the molecule is Cn1nc(-c2ccc(F)cc2C=O)cc1N. The fourth-order valence-corrected chi connectivity index (χ4v) is 1.48. The molecule has 2 aromatic rings. The number of rotatable bonds is 2. The fourth-order valence-electron chi connectivity index (χ4n) is 1.48. The molecule has 1 aromatic carbocycles. The lowest BCUT2D eigenvalue weighted by Gasteiger charge is -2.00. The highest BCUT2D eigenvalue weighted by Gasteiger charge is 2.10. The van der Waals surface area contributed by atoms with Crippen LogP contribution in [0, 0.1) is 5.82 Å². The molecule has 0 aliphatic rings. The van der Waals surface area contributed by atoms with Crippen LogP contribution in [0.25, 0.3) is 11.3 Å². The Morgan fingerprint density at radius 2 is 2.19 bits per heavy atom. The van der Waals surface area contributed by atoms with Gasteiger partial charge < -0.3 is 5.73 Å². The van der Waals surface area contributed by atoms with E-state index in [4.69, 9.17) is 5.73 Å².